The molecule has 2 atom stereocenters. The summed E-state index contributed by atoms with van der Waals surface area (Å²) in [5, 5.41) is 14.4. The van der Waals surface area contributed by atoms with E-state index >= 15 is 0 Å². The molecule has 0 aliphatic heterocycles. The summed E-state index contributed by atoms with van der Waals surface area (Å²) in [6.45, 7) is 4.33. The van der Waals surface area contributed by atoms with Gasteiger partial charge in [-0.2, -0.15) is 0 Å². The zero-order chi connectivity index (χ0) is 15.7. The van der Waals surface area contributed by atoms with Gasteiger partial charge in [-0.3, -0.25) is 0 Å². The number of ether oxygens (including phenoxy) is 1. The number of nitrogens with one attached hydrogen (secondary N) is 2. The van der Waals surface area contributed by atoms with Crippen LogP contribution in [-0.4, -0.2) is 36.4 Å². The van der Waals surface area contributed by atoms with E-state index in [0.717, 1.165) is 0 Å². The van der Waals surface area contributed by atoms with Crippen molar-refractivity contribution in [3.8, 4) is 5.75 Å². The fourth-order valence-electron chi connectivity index (χ4n) is 1.67. The van der Waals surface area contributed by atoms with Crippen molar-refractivity contribution < 1.29 is 19.0 Å². The molecule has 21 heavy (non-hydrogen) atoms. The Bertz CT molecular complexity index is 441. The lowest BCUT2D eigenvalue weighted by atomic mass is 10.2. The molecule has 2 amide bonds. The topological polar surface area (TPSA) is 70.6 Å². The predicted molar refractivity (Wildman–Crippen MR) is 78.8 cm³/mol. The molecule has 118 valence electrons. The summed E-state index contributed by atoms with van der Waals surface area (Å²) in [4.78, 5) is 11.5. The molecular weight excluding hydrogens is 275 g/mol. The molecular formula is C15H23FN2O3. The number of aliphatic hydroxyl groups excluding tert-OH is 1. The highest BCUT2D eigenvalue weighted by molar-refractivity contribution is 5.73. The largest absolute Gasteiger partial charge is 0.489 e. The molecule has 0 aliphatic carbocycles. The minimum Gasteiger partial charge on any atom is -0.489 e. The van der Waals surface area contributed by atoms with Gasteiger partial charge in [0, 0.05) is 12.6 Å². The van der Waals surface area contributed by atoms with Gasteiger partial charge in [0.2, 0.25) is 0 Å². The maximum atomic E-state index is 13.1. The Labute approximate surface area is 124 Å². The molecule has 0 fully saturated rings. The summed E-state index contributed by atoms with van der Waals surface area (Å²) in [5.74, 6) is 0.0874. The quantitative estimate of drug-likeness (QED) is 0.688. The number of halogens is 1. The second-order valence-electron chi connectivity index (χ2n) is 4.88. The van der Waals surface area contributed by atoms with E-state index in [2.05, 4.69) is 10.6 Å². The van der Waals surface area contributed by atoms with Gasteiger partial charge >= 0.3 is 6.03 Å². The highest BCUT2D eigenvalue weighted by Gasteiger charge is 2.10. The van der Waals surface area contributed by atoms with Crippen LogP contribution < -0.4 is 15.4 Å². The van der Waals surface area contributed by atoms with Crippen molar-refractivity contribution in [2.75, 3.05) is 13.1 Å². The van der Waals surface area contributed by atoms with E-state index in [4.69, 9.17) is 9.84 Å². The van der Waals surface area contributed by atoms with Crippen molar-refractivity contribution >= 4 is 6.03 Å². The Kier molecular flexibility index (Phi) is 7.53. The molecule has 1 aromatic rings. The highest BCUT2D eigenvalue weighted by atomic mass is 19.1. The summed E-state index contributed by atoms with van der Waals surface area (Å²) in [6.07, 6.45) is 0.522. The summed E-state index contributed by atoms with van der Waals surface area (Å²) in [6, 6.07) is 5.60. The van der Waals surface area contributed by atoms with E-state index in [0.29, 0.717) is 31.7 Å². The maximum absolute atomic E-state index is 13.1. The molecule has 5 nitrogen and oxygen atoms in total. The number of amides is 2. The molecule has 0 heterocycles. The third-order valence-electron chi connectivity index (χ3n) is 2.89. The van der Waals surface area contributed by atoms with Crippen LogP contribution in [-0.2, 0) is 0 Å². The molecule has 0 saturated heterocycles. The van der Waals surface area contributed by atoms with Gasteiger partial charge < -0.3 is 20.5 Å². The fraction of sp³-hybridized carbons (Fsp3) is 0.533. The smallest absolute Gasteiger partial charge is 0.314 e. The summed E-state index contributed by atoms with van der Waals surface area (Å²) >= 11 is 0. The second kappa shape index (κ2) is 9.18. The average Bonchev–Trinajstić information content (AvgIpc) is 2.43. The molecule has 0 aromatic heterocycles. The van der Waals surface area contributed by atoms with Crippen LogP contribution in [0.3, 0.4) is 0 Å². The van der Waals surface area contributed by atoms with E-state index in [1.165, 1.54) is 12.1 Å². The SMILES string of the molecule is CCC(CNC(=O)NCCC(C)O)Oc1cccc(F)c1. The molecule has 2 unspecified atom stereocenters. The van der Waals surface area contributed by atoms with Crippen LogP contribution in [0.25, 0.3) is 0 Å². The first-order chi connectivity index (χ1) is 10.0. The standard InChI is InChI=1S/C15H23FN2O3/c1-3-13(21-14-6-4-5-12(16)9-14)10-18-15(20)17-8-7-11(2)19/h4-6,9,11,13,19H,3,7-8,10H2,1-2H3,(H2,17,18,20). The number of aliphatic hydroxyl groups is 1. The van der Waals surface area contributed by atoms with Gasteiger partial charge in [-0.15, -0.1) is 0 Å². The van der Waals surface area contributed by atoms with Crippen molar-refractivity contribution in [2.45, 2.75) is 38.9 Å². The molecule has 0 aliphatic rings. The predicted octanol–water partition coefficient (Wildman–Crippen LogP) is 2.05. The normalized spacial score (nSPS) is 13.3. The van der Waals surface area contributed by atoms with Crippen LogP contribution >= 0.6 is 0 Å². The van der Waals surface area contributed by atoms with Crippen molar-refractivity contribution in [2.24, 2.45) is 0 Å². The summed E-state index contributed by atoms with van der Waals surface area (Å²) in [5.41, 5.74) is 0. The molecule has 6 heteroatoms. The van der Waals surface area contributed by atoms with Crippen LogP contribution in [0.2, 0.25) is 0 Å². The van der Waals surface area contributed by atoms with Gasteiger partial charge in [0.05, 0.1) is 12.6 Å². The van der Waals surface area contributed by atoms with Gasteiger partial charge in [-0.05, 0) is 31.9 Å². The first-order valence-electron chi connectivity index (χ1n) is 7.13. The van der Waals surface area contributed by atoms with E-state index in [9.17, 15) is 9.18 Å². The Hall–Kier alpha value is -1.82. The van der Waals surface area contributed by atoms with Crippen LogP contribution in [0.15, 0.2) is 24.3 Å². The lowest BCUT2D eigenvalue weighted by Crippen LogP contribution is -2.41. The number of carbonyl (C=O) groups excluding carboxylic acids is 1. The number of benzene rings is 1. The Morgan fingerprint density at radius 3 is 2.81 bits per heavy atom. The average molecular weight is 298 g/mol. The van der Waals surface area contributed by atoms with Gasteiger partial charge in [-0.1, -0.05) is 13.0 Å². The number of rotatable bonds is 8. The number of urea groups is 1. The Morgan fingerprint density at radius 1 is 1.43 bits per heavy atom. The zero-order valence-corrected chi connectivity index (χ0v) is 12.4. The molecule has 0 bridgehead atoms. The van der Waals surface area contributed by atoms with Crippen LogP contribution in [0.4, 0.5) is 9.18 Å². The molecule has 0 saturated carbocycles. The van der Waals surface area contributed by atoms with Gasteiger partial charge in [0.15, 0.2) is 0 Å². The summed E-state index contributed by atoms with van der Waals surface area (Å²) < 4.78 is 18.7. The van der Waals surface area contributed by atoms with Gasteiger partial charge in [0.1, 0.15) is 17.7 Å². The lowest BCUT2D eigenvalue weighted by Gasteiger charge is -2.18. The van der Waals surface area contributed by atoms with Crippen LogP contribution in [0.1, 0.15) is 26.7 Å². The molecule has 0 radical (unpaired) electrons. The highest BCUT2D eigenvalue weighted by Crippen LogP contribution is 2.14. The van der Waals surface area contributed by atoms with E-state index in [1.54, 1.807) is 19.1 Å². The Balaban J connectivity index is 2.32. The van der Waals surface area contributed by atoms with E-state index in [-0.39, 0.29) is 18.0 Å². The first-order valence-corrected chi connectivity index (χ1v) is 7.13. The van der Waals surface area contributed by atoms with Crippen molar-refractivity contribution in [3.05, 3.63) is 30.1 Å². The molecule has 3 N–H and O–H groups in total. The van der Waals surface area contributed by atoms with Crippen LogP contribution in [0.5, 0.6) is 5.75 Å². The van der Waals surface area contributed by atoms with Crippen molar-refractivity contribution in [1.82, 2.24) is 10.6 Å². The third kappa shape index (κ3) is 7.51. The van der Waals surface area contributed by atoms with Crippen LogP contribution in [0, 0.1) is 5.82 Å². The fourth-order valence-corrected chi connectivity index (χ4v) is 1.67. The molecule has 1 rings (SSSR count). The van der Waals surface area contributed by atoms with Crippen molar-refractivity contribution in [3.63, 3.8) is 0 Å². The lowest BCUT2D eigenvalue weighted by molar-refractivity contribution is 0.179. The van der Waals surface area contributed by atoms with Crippen molar-refractivity contribution in [1.29, 1.82) is 0 Å². The van der Waals surface area contributed by atoms with E-state index < -0.39 is 6.10 Å². The molecule has 0 spiro atoms. The first kappa shape index (κ1) is 17.2. The third-order valence-corrected chi connectivity index (χ3v) is 2.89. The minimum atomic E-state index is -0.440. The number of carbonyl (C=O) groups is 1. The monoisotopic (exact) mass is 298 g/mol. The second-order valence-corrected chi connectivity index (χ2v) is 4.88. The number of hydrogen-bond acceptors (Lipinski definition) is 3. The van der Waals surface area contributed by atoms with E-state index in [1.807, 2.05) is 6.92 Å². The van der Waals surface area contributed by atoms with Gasteiger partial charge in [-0.25, -0.2) is 9.18 Å². The Morgan fingerprint density at radius 2 is 2.19 bits per heavy atom. The minimum absolute atomic E-state index is 0.227. The number of hydrogen-bond donors (Lipinski definition) is 3. The summed E-state index contributed by atoms with van der Waals surface area (Å²) in [7, 11) is 0. The maximum Gasteiger partial charge on any atom is 0.314 e. The molecule has 1 aromatic carbocycles. The van der Waals surface area contributed by atoms with Gasteiger partial charge in [0.25, 0.3) is 0 Å². The zero-order valence-electron chi connectivity index (χ0n) is 12.4.